The lowest BCUT2D eigenvalue weighted by atomic mass is 10.3. The van der Waals surface area contributed by atoms with Crippen molar-refractivity contribution in [2.24, 2.45) is 7.05 Å². The van der Waals surface area contributed by atoms with Crippen LogP contribution >= 0.6 is 15.9 Å². The fourth-order valence-electron chi connectivity index (χ4n) is 1.62. The molecule has 3 aromatic rings. The van der Waals surface area contributed by atoms with Crippen molar-refractivity contribution in [1.29, 1.82) is 0 Å². The van der Waals surface area contributed by atoms with Crippen LogP contribution in [0.25, 0.3) is 11.0 Å². The quantitative estimate of drug-likeness (QED) is 0.641. The van der Waals surface area contributed by atoms with E-state index in [1.807, 2.05) is 24.3 Å². The first-order chi connectivity index (χ1) is 9.58. The van der Waals surface area contributed by atoms with E-state index < -0.39 is 0 Å². The van der Waals surface area contributed by atoms with Crippen molar-refractivity contribution in [2.45, 2.75) is 0 Å². The number of nitrogens with zero attached hydrogens (tertiary/aromatic N) is 3. The molecule has 0 atom stereocenters. The first-order valence-electron chi connectivity index (χ1n) is 5.85. The van der Waals surface area contributed by atoms with E-state index in [0.29, 0.717) is 5.65 Å². The van der Waals surface area contributed by atoms with Crippen LogP contribution in [0.15, 0.2) is 58.2 Å². The maximum absolute atomic E-state index is 11.1. The van der Waals surface area contributed by atoms with E-state index in [0.717, 1.165) is 15.5 Å². The lowest BCUT2D eigenvalue weighted by Crippen LogP contribution is -2.15. The molecule has 20 heavy (non-hydrogen) atoms. The number of halogens is 1. The van der Waals surface area contributed by atoms with E-state index >= 15 is 0 Å². The van der Waals surface area contributed by atoms with Crippen LogP contribution in [0.1, 0.15) is 0 Å². The highest BCUT2D eigenvalue weighted by molar-refractivity contribution is 9.10. The first kappa shape index (κ1) is 14.2. The Kier molecular flexibility index (Phi) is 4.47. The van der Waals surface area contributed by atoms with E-state index in [9.17, 15) is 4.79 Å². The van der Waals surface area contributed by atoms with Crippen LogP contribution < -0.4 is 11.3 Å². The Balaban J connectivity index is 0.000000160. The molecule has 6 heteroatoms. The van der Waals surface area contributed by atoms with Gasteiger partial charge in [0.1, 0.15) is 12.0 Å². The van der Waals surface area contributed by atoms with Gasteiger partial charge in [-0.15, -0.1) is 0 Å². The summed E-state index contributed by atoms with van der Waals surface area (Å²) in [5, 5.41) is 0.875. The predicted octanol–water partition coefficient (Wildman–Crippen LogP) is 2.36. The second-order valence-electron chi connectivity index (χ2n) is 4.09. The molecule has 0 aliphatic heterocycles. The summed E-state index contributed by atoms with van der Waals surface area (Å²) in [6, 6.07) is 10.8. The Bertz CT molecular complexity index is 768. The molecule has 102 valence electrons. The third kappa shape index (κ3) is 3.42. The Hall–Kier alpha value is -2.21. The molecular formula is C14H13BrN4O. The SMILES string of the molecule is Cn1c(=O)ccc2cncnc21.Nc1cccc(Br)c1. The maximum Gasteiger partial charge on any atom is 0.251 e. The van der Waals surface area contributed by atoms with Gasteiger partial charge in [0.05, 0.1) is 0 Å². The number of anilines is 1. The van der Waals surface area contributed by atoms with Crippen LogP contribution in [0.4, 0.5) is 5.69 Å². The van der Waals surface area contributed by atoms with Crippen molar-refractivity contribution in [3.05, 3.63) is 63.7 Å². The Morgan fingerprint density at radius 2 is 2.05 bits per heavy atom. The number of rotatable bonds is 0. The van der Waals surface area contributed by atoms with Crippen molar-refractivity contribution in [3.8, 4) is 0 Å². The highest BCUT2D eigenvalue weighted by Gasteiger charge is 1.97. The molecule has 0 aliphatic rings. The fourth-order valence-corrected chi connectivity index (χ4v) is 2.03. The van der Waals surface area contributed by atoms with Gasteiger partial charge in [0.2, 0.25) is 0 Å². The molecule has 0 saturated heterocycles. The van der Waals surface area contributed by atoms with Crippen LogP contribution in [0.2, 0.25) is 0 Å². The third-order valence-corrected chi connectivity index (χ3v) is 3.11. The third-order valence-electron chi connectivity index (χ3n) is 2.62. The van der Waals surface area contributed by atoms with E-state index in [1.54, 1.807) is 19.3 Å². The highest BCUT2D eigenvalue weighted by atomic mass is 79.9. The van der Waals surface area contributed by atoms with Crippen molar-refractivity contribution >= 4 is 32.7 Å². The second kappa shape index (κ2) is 6.29. The lowest BCUT2D eigenvalue weighted by molar-refractivity contribution is 0.883. The zero-order chi connectivity index (χ0) is 14.5. The van der Waals surface area contributed by atoms with Crippen LogP contribution in [0, 0.1) is 0 Å². The number of aromatic nitrogens is 3. The van der Waals surface area contributed by atoms with Crippen molar-refractivity contribution in [1.82, 2.24) is 14.5 Å². The smallest absolute Gasteiger partial charge is 0.251 e. The van der Waals surface area contributed by atoms with Gasteiger partial charge in [0.25, 0.3) is 5.56 Å². The molecule has 1 aromatic carbocycles. The van der Waals surface area contributed by atoms with Gasteiger partial charge in [-0.2, -0.15) is 0 Å². The molecule has 0 unspecified atom stereocenters. The van der Waals surface area contributed by atoms with Crippen molar-refractivity contribution in [3.63, 3.8) is 0 Å². The van der Waals surface area contributed by atoms with E-state index in [-0.39, 0.29) is 5.56 Å². The zero-order valence-electron chi connectivity index (χ0n) is 10.8. The summed E-state index contributed by atoms with van der Waals surface area (Å²) in [6.45, 7) is 0. The van der Waals surface area contributed by atoms with E-state index in [1.165, 1.54) is 17.0 Å². The second-order valence-corrected chi connectivity index (χ2v) is 5.00. The van der Waals surface area contributed by atoms with Crippen molar-refractivity contribution < 1.29 is 0 Å². The minimum atomic E-state index is -0.0544. The average molecular weight is 333 g/mol. The topological polar surface area (TPSA) is 73.8 Å². The molecule has 5 nitrogen and oxygen atoms in total. The van der Waals surface area contributed by atoms with Crippen LogP contribution in [0.3, 0.4) is 0 Å². The van der Waals surface area contributed by atoms with Crippen LogP contribution in [0.5, 0.6) is 0 Å². The fraction of sp³-hybridized carbons (Fsp3) is 0.0714. The number of nitrogen functional groups attached to an aromatic ring is 1. The minimum absolute atomic E-state index is 0.0544. The molecule has 0 saturated carbocycles. The maximum atomic E-state index is 11.1. The van der Waals surface area contributed by atoms with Gasteiger partial charge in [0, 0.05) is 34.9 Å². The van der Waals surface area contributed by atoms with Crippen LogP contribution in [-0.2, 0) is 7.05 Å². The molecule has 0 bridgehead atoms. The highest BCUT2D eigenvalue weighted by Crippen LogP contribution is 2.11. The molecule has 2 heterocycles. The molecule has 0 radical (unpaired) electrons. The normalized spacial score (nSPS) is 9.90. The molecule has 0 spiro atoms. The first-order valence-corrected chi connectivity index (χ1v) is 6.64. The van der Waals surface area contributed by atoms with Gasteiger partial charge in [-0.05, 0) is 24.3 Å². The number of aryl methyl sites for hydroxylation is 1. The predicted molar refractivity (Wildman–Crippen MR) is 83.3 cm³/mol. The molecule has 0 aliphatic carbocycles. The molecule has 0 amide bonds. The number of pyridine rings is 1. The molecule has 3 rings (SSSR count). The van der Waals surface area contributed by atoms with E-state index in [2.05, 4.69) is 25.9 Å². The zero-order valence-corrected chi connectivity index (χ0v) is 12.4. The monoisotopic (exact) mass is 332 g/mol. The number of nitrogens with two attached hydrogens (primary N) is 1. The number of benzene rings is 1. The van der Waals surface area contributed by atoms with Gasteiger partial charge in [-0.1, -0.05) is 22.0 Å². The lowest BCUT2D eigenvalue weighted by Gasteiger charge is -2.00. The van der Waals surface area contributed by atoms with Gasteiger partial charge >= 0.3 is 0 Å². The van der Waals surface area contributed by atoms with Gasteiger partial charge in [-0.25, -0.2) is 9.97 Å². The summed E-state index contributed by atoms with van der Waals surface area (Å²) in [7, 11) is 1.69. The summed E-state index contributed by atoms with van der Waals surface area (Å²) in [4.78, 5) is 19.0. The Morgan fingerprint density at radius 1 is 1.25 bits per heavy atom. The number of hydrogen-bond acceptors (Lipinski definition) is 4. The van der Waals surface area contributed by atoms with Gasteiger partial charge in [-0.3, -0.25) is 9.36 Å². The number of hydrogen-bond donors (Lipinski definition) is 1. The average Bonchev–Trinajstić information content (AvgIpc) is 2.44. The Morgan fingerprint density at radius 3 is 2.70 bits per heavy atom. The standard InChI is InChI=1S/C8H7N3O.C6H6BrN/c1-11-7(12)3-2-6-4-9-5-10-8(6)11;7-5-2-1-3-6(8)4-5/h2-5H,1H3;1-4H,8H2. The van der Waals surface area contributed by atoms with E-state index in [4.69, 9.17) is 5.73 Å². The number of fused-ring (bicyclic) bond motifs is 1. The molecule has 2 N–H and O–H groups in total. The van der Waals surface area contributed by atoms with Crippen LogP contribution in [-0.4, -0.2) is 14.5 Å². The molecule has 2 aromatic heterocycles. The summed E-state index contributed by atoms with van der Waals surface area (Å²) < 4.78 is 2.52. The Labute approximate surface area is 124 Å². The van der Waals surface area contributed by atoms with Gasteiger partial charge in [0.15, 0.2) is 0 Å². The summed E-state index contributed by atoms with van der Waals surface area (Å²) in [5.41, 5.74) is 6.83. The van der Waals surface area contributed by atoms with Gasteiger partial charge < -0.3 is 5.73 Å². The minimum Gasteiger partial charge on any atom is -0.399 e. The largest absolute Gasteiger partial charge is 0.399 e. The summed E-state index contributed by atoms with van der Waals surface area (Å²) >= 11 is 3.28. The molecular weight excluding hydrogens is 320 g/mol. The summed E-state index contributed by atoms with van der Waals surface area (Å²) in [5.74, 6) is 0. The molecule has 0 fully saturated rings. The van der Waals surface area contributed by atoms with Crippen molar-refractivity contribution in [2.75, 3.05) is 5.73 Å². The summed E-state index contributed by atoms with van der Waals surface area (Å²) in [6.07, 6.45) is 3.11.